The van der Waals surface area contributed by atoms with E-state index in [1.54, 1.807) is 0 Å². The molecule has 168 valence electrons. The number of cyclic esters (lactones) is 1. The van der Waals surface area contributed by atoms with Crippen LogP contribution in [0.1, 0.15) is 79.1 Å². The van der Waals surface area contributed by atoms with Gasteiger partial charge in [0.15, 0.2) is 0 Å². The van der Waals surface area contributed by atoms with Crippen molar-refractivity contribution in [2.75, 3.05) is 6.61 Å². The van der Waals surface area contributed by atoms with Crippen molar-refractivity contribution in [1.29, 1.82) is 0 Å². The zero-order valence-corrected chi connectivity index (χ0v) is 18.9. The van der Waals surface area contributed by atoms with Crippen molar-refractivity contribution in [3.8, 4) is 0 Å². The Hall–Kier alpha value is -0.910. The minimum absolute atomic E-state index is 0.0443. The van der Waals surface area contributed by atoms with Crippen LogP contribution in [0.5, 0.6) is 0 Å². The summed E-state index contributed by atoms with van der Waals surface area (Å²) in [6.45, 7) is 10.2. The lowest BCUT2D eigenvalue weighted by Gasteiger charge is -2.68. The first-order chi connectivity index (χ1) is 14.0. The van der Waals surface area contributed by atoms with E-state index in [9.17, 15) is 15.0 Å². The Balaban J connectivity index is 1.48. The number of rotatable bonds is 1. The van der Waals surface area contributed by atoms with Gasteiger partial charge in [0, 0.05) is 11.6 Å². The summed E-state index contributed by atoms with van der Waals surface area (Å²) < 4.78 is 10.9. The third kappa shape index (κ3) is 2.80. The lowest BCUT2D eigenvalue weighted by molar-refractivity contribution is -0.255. The highest BCUT2D eigenvalue weighted by Gasteiger charge is 2.66. The molecule has 0 aromatic carbocycles. The lowest BCUT2D eigenvalue weighted by Crippen LogP contribution is -2.66. The Labute approximate surface area is 180 Å². The zero-order valence-electron chi connectivity index (χ0n) is 18.9. The highest BCUT2D eigenvalue weighted by atomic mass is 16.6. The van der Waals surface area contributed by atoms with Gasteiger partial charge in [-0.1, -0.05) is 34.1 Å². The average Bonchev–Trinajstić information content (AvgIpc) is 2.98. The average molecular weight is 419 g/mol. The fraction of sp³-hybridized carbons (Fsp3) is 0.880. The Morgan fingerprint density at radius 2 is 1.67 bits per heavy atom. The monoisotopic (exact) mass is 418 g/mol. The van der Waals surface area contributed by atoms with Gasteiger partial charge in [0.2, 0.25) is 6.29 Å². The smallest absolute Gasteiger partial charge is 0.333 e. The summed E-state index contributed by atoms with van der Waals surface area (Å²) >= 11 is 0. The van der Waals surface area contributed by atoms with Crippen LogP contribution < -0.4 is 0 Å². The van der Waals surface area contributed by atoms with Crippen molar-refractivity contribution >= 4 is 5.97 Å². The molecule has 1 saturated heterocycles. The largest absolute Gasteiger partial charge is 0.429 e. The molecule has 3 aliphatic carbocycles. The first-order valence-corrected chi connectivity index (χ1v) is 11.9. The predicted octanol–water partition coefficient (Wildman–Crippen LogP) is 3.97. The highest BCUT2D eigenvalue weighted by molar-refractivity contribution is 5.85. The van der Waals surface area contributed by atoms with Gasteiger partial charge < -0.3 is 19.7 Å². The van der Waals surface area contributed by atoms with Crippen molar-refractivity contribution in [3.63, 3.8) is 0 Å². The van der Waals surface area contributed by atoms with Crippen LogP contribution in [-0.2, 0) is 14.3 Å². The topological polar surface area (TPSA) is 76.0 Å². The lowest BCUT2D eigenvalue weighted by atomic mass is 9.37. The standard InChI is InChI=1S/C25H38O5/c1-22(2)8-5-9-23(3)17(22)6-10-24(4)18(23)7-11-25(28)14-29-16(13-19(24)25)15-12-20(26)30-21(15)27/h12,16-19,21,27-28H,5-11,13-14H2,1-4H3/t16-,17?,18?,19?,21?,23+,24-,25?/m1/s1. The summed E-state index contributed by atoms with van der Waals surface area (Å²) in [5.74, 6) is 0.929. The van der Waals surface area contributed by atoms with E-state index in [-0.39, 0.29) is 24.0 Å². The third-order valence-corrected chi connectivity index (χ3v) is 10.3. The zero-order chi connectivity index (χ0) is 21.5. The summed E-state index contributed by atoms with van der Waals surface area (Å²) in [4.78, 5) is 11.6. The highest BCUT2D eigenvalue weighted by Crippen LogP contribution is 2.70. The van der Waals surface area contributed by atoms with E-state index in [1.165, 1.54) is 31.8 Å². The van der Waals surface area contributed by atoms with E-state index in [1.807, 2.05) is 0 Å². The molecule has 2 aliphatic heterocycles. The van der Waals surface area contributed by atoms with Gasteiger partial charge in [-0.3, -0.25) is 0 Å². The number of ether oxygens (including phenoxy) is 2. The molecule has 5 heteroatoms. The normalized spacial score (nSPS) is 52.5. The second-order valence-corrected chi connectivity index (χ2v) is 12.2. The van der Waals surface area contributed by atoms with Crippen LogP contribution in [0.4, 0.5) is 0 Å². The molecule has 5 nitrogen and oxygen atoms in total. The second-order valence-electron chi connectivity index (χ2n) is 12.2. The van der Waals surface area contributed by atoms with Crippen LogP contribution in [0.15, 0.2) is 11.6 Å². The Morgan fingerprint density at radius 3 is 2.37 bits per heavy atom. The van der Waals surface area contributed by atoms with E-state index in [2.05, 4.69) is 27.7 Å². The molecule has 2 heterocycles. The van der Waals surface area contributed by atoms with Gasteiger partial charge in [0.05, 0.1) is 18.3 Å². The molecule has 0 aromatic rings. The fourth-order valence-corrected chi connectivity index (χ4v) is 9.04. The molecule has 5 aliphatic rings. The number of carbonyl (C=O) groups excluding carboxylic acids is 1. The maximum absolute atomic E-state index is 11.7. The summed E-state index contributed by atoms with van der Waals surface area (Å²) in [5, 5.41) is 21.8. The minimum atomic E-state index is -1.21. The molecule has 3 saturated carbocycles. The molecule has 8 atom stereocenters. The van der Waals surface area contributed by atoms with Crippen LogP contribution in [0.25, 0.3) is 0 Å². The molecule has 5 unspecified atom stereocenters. The molecule has 0 spiro atoms. The number of fused-ring (bicyclic) bond motifs is 5. The van der Waals surface area contributed by atoms with Crippen molar-refractivity contribution in [2.24, 2.45) is 34.0 Å². The SMILES string of the molecule is CC1(C)CCC[C@@]2(C)C1CC[C@@]1(C)C3C[C@H](C4=CC(=O)OC4O)OCC3(O)CCC21. The molecule has 0 amide bonds. The number of hydrogen-bond acceptors (Lipinski definition) is 5. The molecule has 0 radical (unpaired) electrons. The minimum Gasteiger partial charge on any atom is -0.429 e. The van der Waals surface area contributed by atoms with Gasteiger partial charge in [-0.15, -0.1) is 0 Å². The third-order valence-electron chi connectivity index (χ3n) is 10.3. The predicted molar refractivity (Wildman–Crippen MR) is 112 cm³/mol. The molecule has 2 N–H and O–H groups in total. The number of aliphatic hydroxyl groups is 2. The summed E-state index contributed by atoms with van der Waals surface area (Å²) in [6.07, 6.45) is 8.56. The van der Waals surface area contributed by atoms with Gasteiger partial charge in [0.1, 0.15) is 0 Å². The first-order valence-electron chi connectivity index (χ1n) is 11.9. The van der Waals surface area contributed by atoms with Crippen LogP contribution in [0, 0.1) is 34.0 Å². The summed E-state index contributed by atoms with van der Waals surface area (Å²) in [6, 6.07) is 0. The quantitative estimate of drug-likeness (QED) is 0.630. The summed E-state index contributed by atoms with van der Waals surface area (Å²) in [5.41, 5.74) is 0.449. The molecule has 5 rings (SSSR count). The van der Waals surface area contributed by atoms with E-state index in [0.717, 1.165) is 25.2 Å². The molecular formula is C25H38O5. The molecule has 0 bridgehead atoms. The fourth-order valence-electron chi connectivity index (χ4n) is 9.04. The molecule has 30 heavy (non-hydrogen) atoms. The number of hydrogen-bond donors (Lipinski definition) is 2. The van der Waals surface area contributed by atoms with E-state index in [0.29, 0.717) is 28.7 Å². The number of esters is 1. The van der Waals surface area contributed by atoms with E-state index >= 15 is 0 Å². The van der Waals surface area contributed by atoms with Gasteiger partial charge in [-0.05, 0) is 78.9 Å². The maximum Gasteiger partial charge on any atom is 0.333 e. The van der Waals surface area contributed by atoms with Crippen LogP contribution in [-0.4, -0.2) is 40.8 Å². The number of carbonyl (C=O) groups is 1. The van der Waals surface area contributed by atoms with Crippen molar-refractivity contribution in [2.45, 2.75) is 97.1 Å². The molecule has 0 aromatic heterocycles. The molecular weight excluding hydrogens is 380 g/mol. The maximum atomic E-state index is 11.7. The number of aliphatic hydroxyl groups excluding tert-OH is 1. The van der Waals surface area contributed by atoms with Gasteiger partial charge in [0.25, 0.3) is 0 Å². The van der Waals surface area contributed by atoms with Gasteiger partial charge in [-0.2, -0.15) is 0 Å². The Bertz CT molecular complexity index is 774. The van der Waals surface area contributed by atoms with Crippen LogP contribution >= 0.6 is 0 Å². The molecule has 4 fully saturated rings. The van der Waals surface area contributed by atoms with Crippen LogP contribution in [0.2, 0.25) is 0 Å². The first kappa shape index (κ1) is 21.0. The Morgan fingerprint density at radius 1 is 0.967 bits per heavy atom. The van der Waals surface area contributed by atoms with Crippen molar-refractivity contribution < 1.29 is 24.5 Å². The Kier molecular flexibility index (Phi) is 4.58. The summed E-state index contributed by atoms with van der Waals surface area (Å²) in [7, 11) is 0. The van der Waals surface area contributed by atoms with E-state index < -0.39 is 17.9 Å². The second kappa shape index (κ2) is 6.55. The van der Waals surface area contributed by atoms with Crippen LogP contribution in [0.3, 0.4) is 0 Å². The van der Waals surface area contributed by atoms with Gasteiger partial charge in [-0.25, -0.2) is 4.79 Å². The van der Waals surface area contributed by atoms with E-state index in [4.69, 9.17) is 9.47 Å². The van der Waals surface area contributed by atoms with Crippen molar-refractivity contribution in [1.82, 2.24) is 0 Å². The van der Waals surface area contributed by atoms with Gasteiger partial charge >= 0.3 is 5.97 Å². The van der Waals surface area contributed by atoms with Crippen molar-refractivity contribution in [3.05, 3.63) is 11.6 Å².